The molecule has 1 aliphatic rings. The first kappa shape index (κ1) is 20.3. The molecule has 29 heavy (non-hydrogen) atoms. The molecule has 2 aromatic rings. The highest BCUT2D eigenvalue weighted by Crippen LogP contribution is 2.36. The van der Waals surface area contributed by atoms with Crippen molar-refractivity contribution in [2.45, 2.75) is 25.2 Å². The highest BCUT2D eigenvalue weighted by atomic mass is 16.4. The van der Waals surface area contributed by atoms with Crippen molar-refractivity contribution < 1.29 is 19.5 Å². The highest BCUT2D eigenvalue weighted by molar-refractivity contribution is 6.00. The highest BCUT2D eigenvalue weighted by Gasteiger charge is 2.30. The Morgan fingerprint density at radius 1 is 1.14 bits per heavy atom. The average molecular weight is 396 g/mol. The van der Waals surface area contributed by atoms with Crippen LogP contribution in [0, 0.1) is 0 Å². The van der Waals surface area contributed by atoms with Crippen LogP contribution in [0.4, 0.5) is 11.5 Å². The van der Waals surface area contributed by atoms with Gasteiger partial charge in [0.05, 0.1) is 6.42 Å². The largest absolute Gasteiger partial charge is 0.481 e. The zero-order chi connectivity index (χ0) is 20.6. The number of nitrogens with zero attached hydrogens (tertiary/aromatic N) is 2. The molecule has 0 bridgehead atoms. The van der Waals surface area contributed by atoms with Crippen molar-refractivity contribution in [1.29, 1.82) is 0 Å². The van der Waals surface area contributed by atoms with E-state index >= 15 is 0 Å². The number of carboxylic acids is 1. The summed E-state index contributed by atoms with van der Waals surface area (Å²) < 4.78 is 0. The smallest absolute Gasteiger partial charge is 0.303 e. The summed E-state index contributed by atoms with van der Waals surface area (Å²) in [4.78, 5) is 41.9. The van der Waals surface area contributed by atoms with Gasteiger partial charge in [-0.15, -0.1) is 0 Å². The van der Waals surface area contributed by atoms with E-state index in [1.807, 2.05) is 30.3 Å². The van der Waals surface area contributed by atoms with Crippen molar-refractivity contribution in [3.05, 3.63) is 54.2 Å². The molecule has 0 fully saturated rings. The molecule has 3 N–H and O–H groups in total. The number of pyridine rings is 1. The van der Waals surface area contributed by atoms with Crippen LogP contribution in [0.3, 0.4) is 0 Å². The molecule has 1 aromatic carbocycles. The van der Waals surface area contributed by atoms with Crippen molar-refractivity contribution in [1.82, 2.24) is 10.3 Å². The van der Waals surface area contributed by atoms with E-state index in [2.05, 4.69) is 15.6 Å². The Balaban J connectivity index is 1.61. The zero-order valence-corrected chi connectivity index (χ0v) is 16.0. The normalized spacial score (nSPS) is 15.9. The van der Waals surface area contributed by atoms with Gasteiger partial charge < -0.3 is 20.6 Å². The van der Waals surface area contributed by atoms with Crippen molar-refractivity contribution in [2.24, 2.45) is 0 Å². The lowest BCUT2D eigenvalue weighted by Crippen LogP contribution is -2.41. The molecule has 2 heterocycles. The van der Waals surface area contributed by atoms with Gasteiger partial charge >= 0.3 is 5.97 Å². The van der Waals surface area contributed by atoms with Crippen LogP contribution >= 0.6 is 0 Å². The van der Waals surface area contributed by atoms with Crippen LogP contribution in [-0.4, -0.2) is 47.5 Å². The summed E-state index contributed by atoms with van der Waals surface area (Å²) in [6.07, 6.45) is 2.31. The Morgan fingerprint density at radius 2 is 1.93 bits per heavy atom. The third-order valence-electron chi connectivity index (χ3n) is 4.82. The maximum absolute atomic E-state index is 12.6. The Morgan fingerprint density at radius 3 is 2.69 bits per heavy atom. The minimum atomic E-state index is -0.899. The number of anilines is 2. The number of nitrogens with one attached hydrogen (secondary N) is 2. The van der Waals surface area contributed by atoms with E-state index in [1.165, 1.54) is 4.90 Å². The van der Waals surface area contributed by atoms with Crippen LogP contribution < -0.4 is 15.5 Å². The van der Waals surface area contributed by atoms with E-state index in [4.69, 9.17) is 0 Å². The van der Waals surface area contributed by atoms with E-state index in [0.717, 1.165) is 11.4 Å². The fourth-order valence-electron chi connectivity index (χ4n) is 3.46. The zero-order valence-electron chi connectivity index (χ0n) is 16.0. The lowest BCUT2D eigenvalue weighted by molar-refractivity contribution is -0.137. The molecule has 3 rings (SSSR count). The van der Waals surface area contributed by atoms with Crippen LogP contribution in [0.1, 0.15) is 30.7 Å². The molecular weight excluding hydrogens is 372 g/mol. The van der Waals surface area contributed by atoms with E-state index in [1.54, 1.807) is 18.3 Å². The molecule has 0 spiro atoms. The van der Waals surface area contributed by atoms with Gasteiger partial charge in [-0.3, -0.25) is 14.4 Å². The third kappa shape index (κ3) is 5.54. The molecule has 0 aliphatic carbocycles. The number of rotatable bonds is 8. The van der Waals surface area contributed by atoms with Gasteiger partial charge in [0, 0.05) is 31.4 Å². The Hall–Kier alpha value is -3.42. The predicted octanol–water partition coefficient (Wildman–Crippen LogP) is 1.99. The number of hydrogen-bond donors (Lipinski definition) is 3. The second-order valence-corrected chi connectivity index (χ2v) is 6.86. The number of carbonyl (C=O) groups is 3. The number of hydrogen-bond acceptors (Lipinski definition) is 5. The van der Waals surface area contributed by atoms with Crippen LogP contribution in [0.2, 0.25) is 0 Å². The molecule has 2 amide bonds. The molecule has 0 saturated carbocycles. The number of carboxylic acid groups (broad SMARTS) is 1. The molecule has 0 radical (unpaired) electrons. The van der Waals surface area contributed by atoms with Crippen molar-refractivity contribution >= 4 is 29.3 Å². The molecule has 152 valence electrons. The van der Waals surface area contributed by atoms with E-state index in [-0.39, 0.29) is 37.1 Å². The van der Waals surface area contributed by atoms with Gasteiger partial charge in [-0.25, -0.2) is 4.98 Å². The minimum absolute atomic E-state index is 0.0382. The SMILES string of the molecule is O=C(O)CC1CCC(=O)N(CC(=O)NCCNc2ccccn2)c2ccccc21. The molecule has 0 saturated heterocycles. The summed E-state index contributed by atoms with van der Waals surface area (Å²) in [6.45, 7) is 0.800. The summed E-state index contributed by atoms with van der Waals surface area (Å²) in [5.41, 5.74) is 1.41. The van der Waals surface area contributed by atoms with Crippen molar-refractivity contribution in [3.63, 3.8) is 0 Å². The standard InChI is InChI=1S/C21H24N4O4/c26-19(24-12-11-23-18-7-3-4-10-22-18)14-25-17-6-2-1-5-16(17)15(13-21(28)29)8-9-20(25)27/h1-7,10,15H,8-9,11-14H2,(H,22,23)(H,24,26)(H,28,29). The number of aliphatic carboxylic acids is 1. The average Bonchev–Trinajstić information content (AvgIpc) is 2.84. The van der Waals surface area contributed by atoms with Gasteiger partial charge in [0.15, 0.2) is 0 Å². The van der Waals surface area contributed by atoms with Gasteiger partial charge in [0.1, 0.15) is 12.4 Å². The molecule has 1 aliphatic heterocycles. The summed E-state index contributed by atoms with van der Waals surface area (Å²) in [5, 5.41) is 15.1. The third-order valence-corrected chi connectivity index (χ3v) is 4.82. The number of benzene rings is 1. The first-order valence-corrected chi connectivity index (χ1v) is 9.57. The lowest BCUT2D eigenvalue weighted by Gasteiger charge is -2.23. The van der Waals surface area contributed by atoms with E-state index in [9.17, 15) is 19.5 Å². The first-order valence-electron chi connectivity index (χ1n) is 9.57. The van der Waals surface area contributed by atoms with Crippen LogP contribution in [0.15, 0.2) is 48.7 Å². The number of para-hydroxylation sites is 1. The van der Waals surface area contributed by atoms with Crippen LogP contribution in [-0.2, 0) is 14.4 Å². The summed E-state index contributed by atoms with van der Waals surface area (Å²) in [5.74, 6) is -0.866. The second-order valence-electron chi connectivity index (χ2n) is 6.86. The van der Waals surface area contributed by atoms with Gasteiger partial charge in [-0.1, -0.05) is 24.3 Å². The molecule has 1 unspecified atom stereocenters. The number of fused-ring (bicyclic) bond motifs is 1. The molecular formula is C21H24N4O4. The summed E-state index contributed by atoms with van der Waals surface area (Å²) in [6, 6.07) is 12.7. The predicted molar refractivity (Wildman–Crippen MR) is 109 cm³/mol. The second kappa shape index (κ2) is 9.68. The molecule has 1 atom stereocenters. The van der Waals surface area contributed by atoms with E-state index < -0.39 is 5.97 Å². The van der Waals surface area contributed by atoms with Gasteiger partial charge in [0.2, 0.25) is 11.8 Å². The number of amides is 2. The van der Waals surface area contributed by atoms with Gasteiger partial charge in [-0.05, 0) is 36.1 Å². The van der Waals surface area contributed by atoms with Gasteiger partial charge in [0.25, 0.3) is 0 Å². The van der Waals surface area contributed by atoms with Crippen molar-refractivity contribution in [2.75, 3.05) is 29.9 Å². The molecule has 8 heteroatoms. The Labute approximate surface area is 168 Å². The monoisotopic (exact) mass is 396 g/mol. The fourth-order valence-corrected chi connectivity index (χ4v) is 3.46. The van der Waals surface area contributed by atoms with Crippen LogP contribution in [0.25, 0.3) is 0 Å². The summed E-state index contributed by atoms with van der Waals surface area (Å²) >= 11 is 0. The Kier molecular flexibility index (Phi) is 6.78. The van der Waals surface area contributed by atoms with Crippen molar-refractivity contribution in [3.8, 4) is 0 Å². The maximum atomic E-state index is 12.6. The van der Waals surface area contributed by atoms with Gasteiger partial charge in [-0.2, -0.15) is 0 Å². The molecule has 1 aromatic heterocycles. The number of carbonyl (C=O) groups excluding carboxylic acids is 2. The number of aromatic nitrogens is 1. The van der Waals surface area contributed by atoms with Crippen LogP contribution in [0.5, 0.6) is 0 Å². The first-order chi connectivity index (χ1) is 14.0. The lowest BCUT2D eigenvalue weighted by atomic mass is 9.91. The van der Waals surface area contributed by atoms with E-state index in [0.29, 0.717) is 25.2 Å². The topological polar surface area (TPSA) is 112 Å². The fraction of sp³-hybridized carbons (Fsp3) is 0.333. The Bertz CT molecular complexity index is 872. The summed E-state index contributed by atoms with van der Waals surface area (Å²) in [7, 11) is 0. The quantitative estimate of drug-likeness (QED) is 0.589. The maximum Gasteiger partial charge on any atom is 0.303 e. The minimum Gasteiger partial charge on any atom is -0.481 e. The molecule has 8 nitrogen and oxygen atoms in total.